The maximum atomic E-state index is 13.1. The van der Waals surface area contributed by atoms with E-state index in [-0.39, 0.29) is 11.9 Å². The Labute approximate surface area is 196 Å². The minimum atomic E-state index is -1.04. The van der Waals surface area contributed by atoms with Crippen LogP contribution in [-0.2, 0) is 0 Å². The summed E-state index contributed by atoms with van der Waals surface area (Å²) in [6.45, 7) is 6.31. The molecule has 1 saturated heterocycles. The van der Waals surface area contributed by atoms with Crippen LogP contribution in [0.4, 0.5) is 0 Å². The van der Waals surface area contributed by atoms with E-state index in [1.165, 1.54) is 11.1 Å². The molecule has 4 nitrogen and oxygen atoms in total. The van der Waals surface area contributed by atoms with Crippen LogP contribution in [0, 0.1) is 11.8 Å². The second-order valence-electron chi connectivity index (χ2n) is 8.94. The van der Waals surface area contributed by atoms with Crippen molar-refractivity contribution in [1.29, 1.82) is 0 Å². The molecule has 0 radical (unpaired) electrons. The molecule has 1 N–H and O–H groups in total. The summed E-state index contributed by atoms with van der Waals surface area (Å²) >= 11 is 0. The maximum Gasteiger partial charge on any atom is 0.253 e. The molecule has 1 aliphatic rings. The Hall–Kier alpha value is -3.39. The molecular weight excluding hydrogens is 408 g/mol. The Morgan fingerprint density at radius 2 is 1.33 bits per heavy atom. The van der Waals surface area contributed by atoms with Gasteiger partial charge in [-0.05, 0) is 49.2 Å². The lowest BCUT2D eigenvalue weighted by Crippen LogP contribution is -2.49. The molecule has 3 aromatic rings. The van der Waals surface area contributed by atoms with Crippen molar-refractivity contribution in [1.82, 2.24) is 9.80 Å². The predicted octanol–water partition coefficient (Wildman–Crippen LogP) is 4.36. The summed E-state index contributed by atoms with van der Waals surface area (Å²) < 4.78 is 0. The van der Waals surface area contributed by atoms with Gasteiger partial charge in [-0.2, -0.15) is 0 Å². The number of carbonyl (C=O) groups excluding carboxylic acids is 1. The summed E-state index contributed by atoms with van der Waals surface area (Å²) in [4.78, 5) is 17.5. The molecule has 0 aliphatic carbocycles. The van der Waals surface area contributed by atoms with Crippen LogP contribution in [0.1, 0.15) is 46.9 Å². The van der Waals surface area contributed by atoms with Crippen LogP contribution < -0.4 is 0 Å². The van der Waals surface area contributed by atoms with Crippen molar-refractivity contribution in [3.63, 3.8) is 0 Å². The number of hydrogen-bond donors (Lipinski definition) is 1. The van der Waals surface area contributed by atoms with Gasteiger partial charge < -0.3 is 10.0 Å². The van der Waals surface area contributed by atoms with Crippen LogP contribution in [0.3, 0.4) is 0 Å². The van der Waals surface area contributed by atoms with E-state index < -0.39 is 5.60 Å². The normalized spacial score (nSPS) is 14.6. The van der Waals surface area contributed by atoms with E-state index in [0.717, 1.165) is 18.7 Å². The molecule has 0 bridgehead atoms. The van der Waals surface area contributed by atoms with Crippen molar-refractivity contribution in [2.75, 3.05) is 26.2 Å². The Morgan fingerprint density at radius 3 is 1.82 bits per heavy atom. The minimum absolute atomic E-state index is 0.0487. The van der Waals surface area contributed by atoms with Crippen molar-refractivity contribution in [3.8, 4) is 11.8 Å². The summed E-state index contributed by atoms with van der Waals surface area (Å²) in [7, 11) is 0. The summed E-state index contributed by atoms with van der Waals surface area (Å²) in [6.07, 6.45) is 0. The predicted molar refractivity (Wildman–Crippen MR) is 132 cm³/mol. The average molecular weight is 439 g/mol. The number of piperazine rings is 1. The molecule has 0 spiro atoms. The second-order valence-corrected chi connectivity index (χ2v) is 8.94. The molecule has 1 heterocycles. The lowest BCUT2D eigenvalue weighted by atomic mass is 9.96. The number of nitrogens with zero attached hydrogens (tertiary/aromatic N) is 2. The van der Waals surface area contributed by atoms with Gasteiger partial charge in [0.2, 0.25) is 0 Å². The first-order valence-corrected chi connectivity index (χ1v) is 11.4. The molecule has 0 atom stereocenters. The van der Waals surface area contributed by atoms with Gasteiger partial charge in [0, 0.05) is 37.3 Å². The SMILES string of the molecule is CC(C)(O)C#Cc1ccc(C(=O)N2CCN(C(c3ccccc3)c3ccccc3)CC2)cc1. The maximum absolute atomic E-state index is 13.1. The fourth-order valence-corrected chi connectivity index (χ4v) is 4.17. The summed E-state index contributed by atoms with van der Waals surface area (Å²) in [5.74, 6) is 5.79. The van der Waals surface area contributed by atoms with Crippen LogP contribution >= 0.6 is 0 Å². The Balaban J connectivity index is 1.44. The van der Waals surface area contributed by atoms with Crippen molar-refractivity contribution in [2.45, 2.75) is 25.5 Å². The quantitative estimate of drug-likeness (QED) is 0.616. The van der Waals surface area contributed by atoms with E-state index in [1.54, 1.807) is 13.8 Å². The second kappa shape index (κ2) is 10.0. The topological polar surface area (TPSA) is 43.8 Å². The molecule has 1 amide bonds. The molecule has 1 fully saturated rings. The molecule has 168 valence electrons. The van der Waals surface area contributed by atoms with Crippen LogP contribution in [-0.4, -0.2) is 52.6 Å². The Morgan fingerprint density at radius 1 is 0.818 bits per heavy atom. The fraction of sp³-hybridized carbons (Fsp3) is 0.276. The molecular formula is C29H30N2O2. The largest absolute Gasteiger partial charge is 0.378 e. The van der Waals surface area contributed by atoms with E-state index in [0.29, 0.717) is 18.7 Å². The van der Waals surface area contributed by atoms with Gasteiger partial charge in [-0.25, -0.2) is 0 Å². The zero-order chi connectivity index (χ0) is 23.3. The van der Waals surface area contributed by atoms with Crippen LogP contribution in [0.2, 0.25) is 0 Å². The molecule has 4 rings (SSSR count). The number of benzene rings is 3. The first-order valence-electron chi connectivity index (χ1n) is 11.4. The highest BCUT2D eigenvalue weighted by Gasteiger charge is 2.28. The van der Waals surface area contributed by atoms with Gasteiger partial charge >= 0.3 is 0 Å². The van der Waals surface area contributed by atoms with Crippen LogP contribution in [0.15, 0.2) is 84.9 Å². The smallest absolute Gasteiger partial charge is 0.253 e. The van der Waals surface area contributed by atoms with Gasteiger partial charge in [-0.3, -0.25) is 9.69 Å². The van der Waals surface area contributed by atoms with Crippen molar-refractivity contribution < 1.29 is 9.90 Å². The third kappa shape index (κ3) is 5.90. The van der Waals surface area contributed by atoms with Crippen molar-refractivity contribution in [2.24, 2.45) is 0 Å². The van der Waals surface area contributed by atoms with E-state index >= 15 is 0 Å². The molecule has 3 aromatic carbocycles. The van der Waals surface area contributed by atoms with E-state index in [1.807, 2.05) is 41.3 Å². The van der Waals surface area contributed by atoms with E-state index in [2.05, 4.69) is 65.3 Å². The monoisotopic (exact) mass is 438 g/mol. The molecule has 33 heavy (non-hydrogen) atoms. The highest BCUT2D eigenvalue weighted by Crippen LogP contribution is 2.29. The van der Waals surface area contributed by atoms with Crippen LogP contribution in [0.25, 0.3) is 0 Å². The Kier molecular flexibility index (Phi) is 6.93. The van der Waals surface area contributed by atoms with Crippen LogP contribution in [0.5, 0.6) is 0 Å². The van der Waals surface area contributed by atoms with Gasteiger partial charge in [0.1, 0.15) is 5.60 Å². The highest BCUT2D eigenvalue weighted by atomic mass is 16.3. The lowest BCUT2D eigenvalue weighted by molar-refractivity contribution is 0.0597. The van der Waals surface area contributed by atoms with E-state index in [9.17, 15) is 9.90 Å². The fourth-order valence-electron chi connectivity index (χ4n) is 4.17. The summed E-state index contributed by atoms with van der Waals surface area (Å²) in [6, 6.07) is 28.6. The third-order valence-electron chi connectivity index (χ3n) is 5.84. The number of rotatable bonds is 4. The van der Waals surface area contributed by atoms with Crippen molar-refractivity contribution in [3.05, 3.63) is 107 Å². The van der Waals surface area contributed by atoms with Gasteiger partial charge in [0.25, 0.3) is 5.91 Å². The summed E-state index contributed by atoms with van der Waals surface area (Å²) in [5.41, 5.74) is 2.95. The first kappa shape index (κ1) is 22.8. The van der Waals surface area contributed by atoms with Gasteiger partial charge in [0.05, 0.1) is 6.04 Å². The standard InChI is InChI=1S/C29H30N2O2/c1-29(2,33)18-17-23-13-15-26(16-14-23)28(32)31-21-19-30(20-22-31)27(24-9-5-3-6-10-24)25-11-7-4-8-12-25/h3-16,27,33H,19-22H2,1-2H3. The van der Waals surface area contributed by atoms with E-state index in [4.69, 9.17) is 0 Å². The lowest BCUT2D eigenvalue weighted by Gasteiger charge is -2.39. The number of aliphatic hydroxyl groups is 1. The van der Waals surface area contributed by atoms with Gasteiger partial charge in [0.15, 0.2) is 0 Å². The molecule has 0 unspecified atom stereocenters. The number of carbonyl (C=O) groups is 1. The average Bonchev–Trinajstić information content (AvgIpc) is 2.84. The zero-order valence-corrected chi connectivity index (χ0v) is 19.2. The molecule has 0 aromatic heterocycles. The molecule has 0 saturated carbocycles. The third-order valence-corrected chi connectivity index (χ3v) is 5.84. The highest BCUT2D eigenvalue weighted by molar-refractivity contribution is 5.94. The number of hydrogen-bond acceptors (Lipinski definition) is 3. The Bertz CT molecular complexity index is 1080. The van der Waals surface area contributed by atoms with Crippen molar-refractivity contribution >= 4 is 5.91 Å². The van der Waals surface area contributed by atoms with Gasteiger partial charge in [-0.15, -0.1) is 0 Å². The minimum Gasteiger partial charge on any atom is -0.378 e. The zero-order valence-electron chi connectivity index (χ0n) is 19.2. The molecule has 4 heteroatoms. The molecule has 1 aliphatic heterocycles. The van der Waals surface area contributed by atoms with Gasteiger partial charge in [-0.1, -0.05) is 72.5 Å². The number of amides is 1. The first-order chi connectivity index (χ1) is 15.9. The summed E-state index contributed by atoms with van der Waals surface area (Å²) in [5, 5.41) is 9.76.